The Bertz CT molecular complexity index is 808. The number of fused-ring (bicyclic) bond motifs is 3. The summed E-state index contributed by atoms with van der Waals surface area (Å²) in [7, 11) is 0. The highest BCUT2D eigenvalue weighted by molar-refractivity contribution is 7.26. The van der Waals surface area contributed by atoms with Gasteiger partial charge in [0.2, 0.25) is 0 Å². The Morgan fingerprint density at radius 1 is 0.773 bits per heavy atom. The van der Waals surface area contributed by atoms with Gasteiger partial charge in [-0.3, -0.25) is 0 Å². The molecule has 2 aromatic carbocycles. The monoisotopic (exact) mass is 310 g/mol. The normalized spacial score (nSPS) is 11.6. The maximum Gasteiger partial charge on any atom is 0.0387 e. The van der Waals surface area contributed by atoms with E-state index in [1.807, 2.05) is 11.3 Å². The van der Waals surface area contributed by atoms with Gasteiger partial charge in [0.05, 0.1) is 0 Å². The summed E-state index contributed by atoms with van der Waals surface area (Å²) in [6.07, 6.45) is 6.59. The molecule has 0 unspecified atom stereocenters. The van der Waals surface area contributed by atoms with Gasteiger partial charge in [-0.1, -0.05) is 50.5 Å². The molecule has 0 saturated carbocycles. The first-order chi connectivity index (χ1) is 10.6. The van der Waals surface area contributed by atoms with Crippen LogP contribution in [-0.4, -0.2) is 0 Å². The molecule has 116 valence electrons. The van der Waals surface area contributed by atoms with Crippen LogP contribution in [0.5, 0.6) is 0 Å². The lowest BCUT2D eigenvalue weighted by Crippen LogP contribution is -1.90. The van der Waals surface area contributed by atoms with Gasteiger partial charge in [-0.15, -0.1) is 11.3 Å². The van der Waals surface area contributed by atoms with Crippen LogP contribution in [-0.2, 0) is 6.42 Å². The van der Waals surface area contributed by atoms with Crippen LogP contribution in [0.1, 0.15) is 54.9 Å². The van der Waals surface area contributed by atoms with E-state index in [2.05, 4.69) is 52.0 Å². The second-order valence-corrected chi connectivity index (χ2v) is 7.54. The summed E-state index contributed by atoms with van der Waals surface area (Å²) in [5.41, 5.74) is 5.90. The summed E-state index contributed by atoms with van der Waals surface area (Å²) in [5, 5.41) is 2.88. The minimum absolute atomic E-state index is 1.23. The van der Waals surface area contributed by atoms with Crippen molar-refractivity contribution >= 4 is 31.5 Å². The maximum absolute atomic E-state index is 2.37. The third-order valence-electron chi connectivity index (χ3n) is 4.99. The van der Waals surface area contributed by atoms with Crippen molar-refractivity contribution in [2.45, 2.75) is 59.8 Å². The zero-order valence-electron chi connectivity index (χ0n) is 14.3. The van der Waals surface area contributed by atoms with E-state index in [1.54, 1.807) is 5.56 Å². The van der Waals surface area contributed by atoms with Crippen LogP contribution < -0.4 is 0 Å². The van der Waals surface area contributed by atoms with Gasteiger partial charge in [0.25, 0.3) is 0 Å². The first-order valence-electron chi connectivity index (χ1n) is 8.54. The Kier molecular flexibility index (Phi) is 4.54. The lowest BCUT2D eigenvalue weighted by molar-refractivity contribution is 0.666. The Balaban J connectivity index is 2.03. The van der Waals surface area contributed by atoms with Crippen molar-refractivity contribution in [1.82, 2.24) is 0 Å². The topological polar surface area (TPSA) is 0 Å². The van der Waals surface area contributed by atoms with Crippen molar-refractivity contribution in [2.24, 2.45) is 0 Å². The Hall–Kier alpha value is -1.34. The molecule has 0 bridgehead atoms. The van der Waals surface area contributed by atoms with Crippen molar-refractivity contribution in [2.75, 3.05) is 0 Å². The highest BCUT2D eigenvalue weighted by Crippen LogP contribution is 2.39. The highest BCUT2D eigenvalue weighted by atomic mass is 32.1. The molecule has 0 fully saturated rings. The third-order valence-corrected chi connectivity index (χ3v) is 6.45. The molecule has 0 nitrogen and oxygen atoms in total. The number of thiophene rings is 1. The molecule has 1 heteroatoms. The van der Waals surface area contributed by atoms with Gasteiger partial charge in [-0.25, -0.2) is 0 Å². The summed E-state index contributed by atoms with van der Waals surface area (Å²) in [5.74, 6) is 0. The average molecular weight is 311 g/mol. The molecule has 1 aromatic heterocycles. The molecule has 3 aromatic rings. The second kappa shape index (κ2) is 6.42. The fourth-order valence-electron chi connectivity index (χ4n) is 3.32. The summed E-state index contributed by atoms with van der Waals surface area (Å²) < 4.78 is 2.97. The Morgan fingerprint density at radius 2 is 1.45 bits per heavy atom. The van der Waals surface area contributed by atoms with Crippen LogP contribution in [0.2, 0.25) is 0 Å². The van der Waals surface area contributed by atoms with Gasteiger partial charge in [-0.05, 0) is 55.9 Å². The van der Waals surface area contributed by atoms with E-state index >= 15 is 0 Å². The molecule has 0 N–H and O–H groups in total. The van der Waals surface area contributed by atoms with Crippen LogP contribution in [0.4, 0.5) is 0 Å². The van der Waals surface area contributed by atoms with E-state index in [4.69, 9.17) is 0 Å². The predicted molar refractivity (Wildman–Crippen MR) is 101 cm³/mol. The van der Waals surface area contributed by atoms with E-state index in [0.717, 1.165) is 0 Å². The van der Waals surface area contributed by atoms with Crippen LogP contribution in [0, 0.1) is 20.8 Å². The minimum atomic E-state index is 1.23. The molecule has 0 spiro atoms. The van der Waals surface area contributed by atoms with E-state index in [9.17, 15) is 0 Å². The average Bonchev–Trinajstić information content (AvgIpc) is 2.90. The number of rotatable bonds is 5. The molecule has 0 aliphatic heterocycles. The second-order valence-electron chi connectivity index (χ2n) is 6.52. The zero-order valence-corrected chi connectivity index (χ0v) is 15.1. The molecule has 0 radical (unpaired) electrons. The molecule has 1 heterocycles. The van der Waals surface area contributed by atoms with Crippen molar-refractivity contribution in [3.63, 3.8) is 0 Å². The maximum atomic E-state index is 2.37. The number of benzene rings is 2. The minimum Gasteiger partial charge on any atom is -0.135 e. The number of hydrogen-bond donors (Lipinski definition) is 0. The van der Waals surface area contributed by atoms with Crippen molar-refractivity contribution < 1.29 is 0 Å². The molecular formula is C21H26S. The van der Waals surface area contributed by atoms with Gasteiger partial charge in [0, 0.05) is 20.2 Å². The lowest BCUT2D eigenvalue weighted by Gasteiger charge is -2.07. The Labute approximate surface area is 138 Å². The SMILES string of the molecule is CCCCCCc1ccc2c(sc3c(C)c(C)ccc32)c1C. The molecule has 0 atom stereocenters. The molecule has 0 saturated heterocycles. The van der Waals surface area contributed by atoms with Crippen LogP contribution in [0.15, 0.2) is 24.3 Å². The number of unbranched alkanes of at least 4 members (excludes halogenated alkanes) is 3. The molecule has 0 aliphatic rings. The van der Waals surface area contributed by atoms with E-state index in [-0.39, 0.29) is 0 Å². The molecular weight excluding hydrogens is 284 g/mol. The van der Waals surface area contributed by atoms with E-state index < -0.39 is 0 Å². The standard InChI is InChI=1S/C21H26S/c1-5-6-7-8-9-17-11-13-19-18-12-10-14(2)15(3)20(18)22-21(19)16(17)4/h10-13H,5-9H2,1-4H3. The molecule has 0 amide bonds. The quantitative estimate of drug-likeness (QED) is 0.441. The smallest absolute Gasteiger partial charge is 0.0387 e. The van der Waals surface area contributed by atoms with Gasteiger partial charge in [0.15, 0.2) is 0 Å². The lowest BCUT2D eigenvalue weighted by atomic mass is 9.98. The summed E-state index contributed by atoms with van der Waals surface area (Å²) >= 11 is 1.99. The van der Waals surface area contributed by atoms with Gasteiger partial charge in [0.1, 0.15) is 0 Å². The molecule has 3 rings (SSSR count). The fraction of sp³-hybridized carbons (Fsp3) is 0.429. The molecule has 0 aliphatic carbocycles. The van der Waals surface area contributed by atoms with Crippen molar-refractivity contribution in [3.05, 3.63) is 46.5 Å². The summed E-state index contributed by atoms with van der Waals surface area (Å²) in [6.45, 7) is 9.06. The van der Waals surface area contributed by atoms with E-state index in [0.29, 0.717) is 0 Å². The fourth-order valence-corrected chi connectivity index (χ4v) is 4.70. The first kappa shape index (κ1) is 15.6. The number of hydrogen-bond acceptors (Lipinski definition) is 1. The summed E-state index contributed by atoms with van der Waals surface area (Å²) in [4.78, 5) is 0. The summed E-state index contributed by atoms with van der Waals surface area (Å²) in [6, 6.07) is 9.28. The van der Waals surface area contributed by atoms with Gasteiger partial charge < -0.3 is 0 Å². The Morgan fingerprint density at radius 3 is 2.18 bits per heavy atom. The van der Waals surface area contributed by atoms with Crippen LogP contribution >= 0.6 is 11.3 Å². The third kappa shape index (κ3) is 2.67. The van der Waals surface area contributed by atoms with Gasteiger partial charge >= 0.3 is 0 Å². The largest absolute Gasteiger partial charge is 0.135 e. The van der Waals surface area contributed by atoms with Crippen molar-refractivity contribution in [1.29, 1.82) is 0 Å². The van der Waals surface area contributed by atoms with Gasteiger partial charge in [-0.2, -0.15) is 0 Å². The van der Waals surface area contributed by atoms with Crippen LogP contribution in [0.25, 0.3) is 20.2 Å². The molecule has 22 heavy (non-hydrogen) atoms. The highest BCUT2D eigenvalue weighted by Gasteiger charge is 2.12. The van der Waals surface area contributed by atoms with E-state index in [1.165, 1.54) is 69.0 Å². The zero-order chi connectivity index (χ0) is 15.7. The van der Waals surface area contributed by atoms with Crippen LogP contribution in [0.3, 0.4) is 0 Å². The number of aryl methyl sites for hydroxylation is 4. The first-order valence-corrected chi connectivity index (χ1v) is 9.36. The van der Waals surface area contributed by atoms with Crippen molar-refractivity contribution in [3.8, 4) is 0 Å². The predicted octanol–water partition coefficient (Wildman–Crippen LogP) is 7.10.